The van der Waals surface area contributed by atoms with Crippen molar-refractivity contribution < 1.29 is 58.2 Å². The lowest BCUT2D eigenvalue weighted by Crippen LogP contribution is -2.61. The van der Waals surface area contributed by atoms with Gasteiger partial charge in [0, 0.05) is 19.3 Å². The van der Waals surface area contributed by atoms with Crippen molar-refractivity contribution in [3.05, 3.63) is 97.2 Å². The van der Waals surface area contributed by atoms with Gasteiger partial charge < -0.3 is 39.0 Å². The van der Waals surface area contributed by atoms with Crippen LogP contribution in [0.5, 0.6) is 0 Å². The number of aliphatic hydroxyl groups excluding tert-OH is 2. The van der Waals surface area contributed by atoms with Gasteiger partial charge in [0.15, 0.2) is 24.6 Å². The van der Waals surface area contributed by atoms with Crippen LogP contribution in [0.3, 0.4) is 0 Å². The van der Waals surface area contributed by atoms with E-state index in [9.17, 15) is 34.5 Å². The maximum Gasteiger partial charge on any atom is 0.335 e. The zero-order valence-corrected chi connectivity index (χ0v) is 51.0. The van der Waals surface area contributed by atoms with Gasteiger partial charge in [-0.2, -0.15) is 0 Å². The molecule has 12 nitrogen and oxygen atoms in total. The lowest BCUT2D eigenvalue weighted by Gasteiger charge is -2.40. The van der Waals surface area contributed by atoms with E-state index < -0.39 is 67.3 Å². The Morgan fingerprint density at radius 2 is 0.778 bits per heavy atom. The maximum absolute atomic E-state index is 13.2. The van der Waals surface area contributed by atoms with Crippen molar-refractivity contribution >= 4 is 23.9 Å². The molecule has 1 saturated heterocycles. The zero-order valence-electron chi connectivity index (χ0n) is 51.0. The molecule has 1 aliphatic rings. The van der Waals surface area contributed by atoms with Gasteiger partial charge in [-0.15, -0.1) is 0 Å². The van der Waals surface area contributed by atoms with Crippen LogP contribution in [0.2, 0.25) is 0 Å². The van der Waals surface area contributed by atoms with Gasteiger partial charge in [0.2, 0.25) is 0 Å². The van der Waals surface area contributed by atoms with Gasteiger partial charge in [-0.05, 0) is 116 Å². The van der Waals surface area contributed by atoms with Gasteiger partial charge in [0.1, 0.15) is 18.8 Å². The van der Waals surface area contributed by atoms with Crippen LogP contribution in [0.1, 0.15) is 265 Å². The lowest BCUT2D eigenvalue weighted by molar-refractivity contribution is -0.301. The Hall–Kier alpha value is -4.36. The Kier molecular flexibility index (Phi) is 51.7. The number of carboxylic acids is 1. The minimum Gasteiger partial charge on any atom is -0.479 e. The van der Waals surface area contributed by atoms with Crippen molar-refractivity contribution in [1.82, 2.24) is 0 Å². The molecule has 6 atom stereocenters. The minimum absolute atomic E-state index is 0.0404. The highest BCUT2D eigenvalue weighted by atomic mass is 16.7. The molecule has 12 heteroatoms. The van der Waals surface area contributed by atoms with E-state index in [1.807, 2.05) is 0 Å². The summed E-state index contributed by atoms with van der Waals surface area (Å²) in [6.07, 6.45) is 62.3. The van der Waals surface area contributed by atoms with Crippen LogP contribution in [0.25, 0.3) is 0 Å². The average Bonchev–Trinajstić information content (AvgIpc) is 3.53. The Morgan fingerprint density at radius 1 is 0.420 bits per heavy atom. The molecule has 0 saturated carbocycles. The van der Waals surface area contributed by atoms with E-state index in [1.165, 1.54) is 83.5 Å². The summed E-state index contributed by atoms with van der Waals surface area (Å²) in [4.78, 5) is 51.3. The highest BCUT2D eigenvalue weighted by Gasteiger charge is 2.50. The first-order chi connectivity index (χ1) is 39.6. The Labute approximate surface area is 492 Å². The van der Waals surface area contributed by atoms with Crippen molar-refractivity contribution in [2.24, 2.45) is 0 Å². The van der Waals surface area contributed by atoms with E-state index in [0.29, 0.717) is 19.3 Å². The Balaban J connectivity index is 2.68. The molecular weight excluding hydrogens is 1020 g/mol. The van der Waals surface area contributed by atoms with Gasteiger partial charge in [-0.1, -0.05) is 227 Å². The molecule has 0 aliphatic carbocycles. The van der Waals surface area contributed by atoms with E-state index in [2.05, 4.69) is 118 Å². The molecule has 0 amide bonds. The molecule has 1 aliphatic heterocycles. The molecule has 81 heavy (non-hydrogen) atoms. The van der Waals surface area contributed by atoms with Crippen LogP contribution >= 0.6 is 0 Å². The normalized spacial score (nSPS) is 18.4. The van der Waals surface area contributed by atoms with Crippen LogP contribution in [-0.4, -0.2) is 89.2 Å². The summed E-state index contributed by atoms with van der Waals surface area (Å²) >= 11 is 0. The second kappa shape index (κ2) is 56.1. The molecule has 0 aromatic carbocycles. The molecule has 0 spiro atoms. The molecular formula is C69H114O12. The fourth-order valence-corrected chi connectivity index (χ4v) is 9.25. The third kappa shape index (κ3) is 45.8. The molecule has 6 unspecified atom stereocenters. The summed E-state index contributed by atoms with van der Waals surface area (Å²) in [6.45, 7) is 5.74. The first-order valence-corrected chi connectivity index (χ1v) is 32.2. The number of rotatable bonds is 54. The van der Waals surface area contributed by atoms with Crippen molar-refractivity contribution in [3.63, 3.8) is 0 Å². The highest BCUT2D eigenvalue weighted by molar-refractivity contribution is 5.74. The summed E-state index contributed by atoms with van der Waals surface area (Å²) in [6, 6.07) is 0. The van der Waals surface area contributed by atoms with Crippen LogP contribution < -0.4 is 0 Å². The minimum atomic E-state index is -1.92. The zero-order chi connectivity index (χ0) is 58.9. The number of hydrogen-bond acceptors (Lipinski definition) is 11. The van der Waals surface area contributed by atoms with Gasteiger partial charge in [-0.25, -0.2) is 4.79 Å². The third-order valence-electron chi connectivity index (χ3n) is 14.1. The number of carbonyl (C=O) groups excluding carboxylic acids is 3. The molecule has 1 heterocycles. The molecule has 1 fully saturated rings. The molecule has 1 rings (SSSR count). The predicted molar refractivity (Wildman–Crippen MR) is 331 cm³/mol. The van der Waals surface area contributed by atoms with Gasteiger partial charge in [0.25, 0.3) is 0 Å². The Bertz CT molecular complexity index is 1780. The number of aliphatic carboxylic acids is 1. The summed E-state index contributed by atoms with van der Waals surface area (Å²) in [5.41, 5.74) is 0. The SMILES string of the molecule is CC/C=C\C/C=C\C/C=C\C/C=C\CCCCC(=O)OC(COC(=O)CCCCCCCCCCC/C=C\CCCCCCCC)COC1OC(C(=O)O)C(O)C(O)C1OC(=O)CCCCCCCCC/C=C\C/C=C\C/C=C\CC. The highest BCUT2D eigenvalue weighted by Crippen LogP contribution is 2.26. The molecule has 462 valence electrons. The van der Waals surface area contributed by atoms with Gasteiger partial charge in [-0.3, -0.25) is 14.4 Å². The van der Waals surface area contributed by atoms with Crippen LogP contribution in [0.4, 0.5) is 0 Å². The third-order valence-corrected chi connectivity index (χ3v) is 14.1. The summed E-state index contributed by atoms with van der Waals surface area (Å²) in [5, 5.41) is 31.6. The van der Waals surface area contributed by atoms with Crippen molar-refractivity contribution in [2.45, 2.75) is 302 Å². The molecule has 0 bridgehead atoms. The van der Waals surface area contributed by atoms with Crippen molar-refractivity contribution in [2.75, 3.05) is 13.2 Å². The van der Waals surface area contributed by atoms with Crippen LogP contribution in [0.15, 0.2) is 97.2 Å². The summed E-state index contributed by atoms with van der Waals surface area (Å²) in [7, 11) is 0. The lowest BCUT2D eigenvalue weighted by atomic mass is 9.98. The fourth-order valence-electron chi connectivity index (χ4n) is 9.25. The van der Waals surface area contributed by atoms with E-state index in [4.69, 9.17) is 23.7 Å². The van der Waals surface area contributed by atoms with Gasteiger partial charge in [0.05, 0.1) is 6.61 Å². The topological polar surface area (TPSA) is 175 Å². The standard InChI is InChI=1S/C69H114O12/c1-4-7-10-13-16-19-22-25-28-30-31-33-35-37-40-43-46-49-52-55-61(70)77-58-60(79-62(71)56-53-50-47-44-41-38-34-27-24-21-18-15-12-9-6-3)59-78-69-67(65(74)64(73)66(81-69)68(75)76)80-63(72)57-54-51-48-45-42-39-36-32-29-26-23-20-17-14-11-8-5-2/h8-9,11-12,17-18,20-21,25-29,34,41,44,60,64-67,69,73-74H,4-7,10,13-16,19,22-24,30-33,35-40,42-43,45-59H2,1-3H3,(H,75,76)/b11-8-,12-9-,20-17-,21-18-,28-25-,29-26-,34-27-,44-41-. The van der Waals surface area contributed by atoms with E-state index in [1.54, 1.807) is 0 Å². The smallest absolute Gasteiger partial charge is 0.335 e. The maximum atomic E-state index is 13.2. The number of aliphatic hydroxyl groups is 2. The molecule has 0 aromatic heterocycles. The molecule has 3 N–H and O–H groups in total. The Morgan fingerprint density at radius 3 is 1.22 bits per heavy atom. The summed E-state index contributed by atoms with van der Waals surface area (Å²) in [5.74, 6) is -3.19. The fraction of sp³-hybridized carbons (Fsp3) is 0.710. The second-order valence-corrected chi connectivity index (χ2v) is 21.6. The number of ether oxygens (including phenoxy) is 5. The first-order valence-electron chi connectivity index (χ1n) is 32.2. The second-order valence-electron chi connectivity index (χ2n) is 21.6. The number of carboxylic acid groups (broad SMARTS) is 1. The van der Waals surface area contributed by atoms with Gasteiger partial charge >= 0.3 is 23.9 Å². The number of hydrogen-bond donors (Lipinski definition) is 3. The molecule has 0 aromatic rings. The number of carbonyl (C=O) groups is 4. The van der Waals surface area contributed by atoms with E-state index in [0.717, 1.165) is 122 Å². The van der Waals surface area contributed by atoms with E-state index in [-0.39, 0.29) is 25.9 Å². The predicted octanol–water partition coefficient (Wildman–Crippen LogP) is 17.2. The number of allylic oxidation sites excluding steroid dienone is 16. The van der Waals surface area contributed by atoms with Crippen LogP contribution in [0, 0.1) is 0 Å². The monoisotopic (exact) mass is 1130 g/mol. The van der Waals surface area contributed by atoms with Crippen molar-refractivity contribution in [3.8, 4) is 0 Å². The largest absolute Gasteiger partial charge is 0.479 e. The number of unbranched alkanes of at least 4 members (excludes halogenated alkanes) is 24. The summed E-state index contributed by atoms with van der Waals surface area (Å²) < 4.78 is 28.5. The average molecular weight is 1140 g/mol. The van der Waals surface area contributed by atoms with Crippen LogP contribution in [-0.2, 0) is 42.9 Å². The first kappa shape index (κ1) is 74.7. The molecule has 0 radical (unpaired) electrons. The van der Waals surface area contributed by atoms with Crippen molar-refractivity contribution in [1.29, 1.82) is 0 Å². The van der Waals surface area contributed by atoms with E-state index >= 15 is 0 Å². The number of esters is 3. The quantitative estimate of drug-likeness (QED) is 0.0228.